The van der Waals surface area contributed by atoms with Crippen molar-refractivity contribution in [3.05, 3.63) is 59.7 Å². The number of carbonyl (C=O) groups excluding carboxylic acids is 1. The standard InChI is InChI=1S/C28H40O2/c1-5-7-8-9-10-11-24-13-15-26(16-14-24)27-19-17-25(18-20-27)23(4)30-28(29)21-12-22(3)6-2/h13-20,22-23H,5-12,21H2,1-4H3. The molecule has 2 heteroatoms. The van der Waals surface area contributed by atoms with Crippen LogP contribution < -0.4 is 0 Å². The van der Waals surface area contributed by atoms with Gasteiger partial charge in [-0.25, -0.2) is 0 Å². The minimum Gasteiger partial charge on any atom is -0.458 e. The first-order valence-corrected chi connectivity index (χ1v) is 11.9. The van der Waals surface area contributed by atoms with Crippen molar-refractivity contribution < 1.29 is 9.53 Å². The maximum Gasteiger partial charge on any atom is 0.306 e. The molecule has 0 radical (unpaired) electrons. The molecular formula is C28H40O2. The maximum atomic E-state index is 12.1. The van der Waals surface area contributed by atoms with Gasteiger partial charge in [-0.2, -0.15) is 0 Å². The van der Waals surface area contributed by atoms with E-state index in [4.69, 9.17) is 4.74 Å². The molecule has 0 aliphatic carbocycles. The number of rotatable bonds is 13. The topological polar surface area (TPSA) is 26.3 Å². The second-order valence-electron chi connectivity index (χ2n) is 8.67. The van der Waals surface area contributed by atoms with Crippen LogP contribution in [0, 0.1) is 5.92 Å². The summed E-state index contributed by atoms with van der Waals surface area (Å²) in [5.41, 5.74) is 4.89. The summed E-state index contributed by atoms with van der Waals surface area (Å²) in [7, 11) is 0. The Bertz CT molecular complexity index is 730. The van der Waals surface area contributed by atoms with Crippen LogP contribution in [-0.2, 0) is 16.0 Å². The monoisotopic (exact) mass is 408 g/mol. The normalized spacial score (nSPS) is 13.1. The Hall–Kier alpha value is -2.09. The number of unbranched alkanes of at least 4 members (excludes halogenated alkanes) is 4. The minimum atomic E-state index is -0.210. The van der Waals surface area contributed by atoms with Gasteiger partial charge >= 0.3 is 5.97 Å². The van der Waals surface area contributed by atoms with E-state index < -0.39 is 0 Å². The molecule has 0 heterocycles. The number of esters is 1. The zero-order valence-corrected chi connectivity index (χ0v) is 19.5. The first-order chi connectivity index (χ1) is 14.5. The smallest absolute Gasteiger partial charge is 0.306 e. The van der Waals surface area contributed by atoms with Gasteiger partial charge in [0.25, 0.3) is 0 Å². The fourth-order valence-electron chi connectivity index (χ4n) is 3.64. The Morgan fingerprint density at radius 2 is 1.43 bits per heavy atom. The Kier molecular flexibility index (Phi) is 10.7. The molecule has 0 saturated carbocycles. The lowest BCUT2D eigenvalue weighted by Crippen LogP contribution is -2.10. The molecule has 30 heavy (non-hydrogen) atoms. The van der Waals surface area contributed by atoms with Gasteiger partial charge in [-0.3, -0.25) is 4.79 Å². The summed E-state index contributed by atoms with van der Waals surface area (Å²) in [5, 5.41) is 0. The Morgan fingerprint density at radius 3 is 2.03 bits per heavy atom. The molecule has 0 N–H and O–H groups in total. The molecule has 2 rings (SSSR count). The lowest BCUT2D eigenvalue weighted by Gasteiger charge is -2.15. The van der Waals surface area contributed by atoms with Gasteiger partial charge in [0.2, 0.25) is 0 Å². The third-order valence-corrected chi connectivity index (χ3v) is 6.08. The molecule has 2 aromatic carbocycles. The van der Waals surface area contributed by atoms with Gasteiger partial charge in [0.05, 0.1) is 0 Å². The van der Waals surface area contributed by atoms with Crippen LogP contribution in [0.25, 0.3) is 11.1 Å². The number of ether oxygens (including phenoxy) is 1. The second kappa shape index (κ2) is 13.3. The number of hydrogen-bond acceptors (Lipinski definition) is 2. The van der Waals surface area contributed by atoms with Gasteiger partial charge in [0.15, 0.2) is 0 Å². The molecular weight excluding hydrogens is 368 g/mol. The summed E-state index contributed by atoms with van der Waals surface area (Å²) >= 11 is 0. The van der Waals surface area contributed by atoms with E-state index in [2.05, 4.69) is 69.3 Å². The van der Waals surface area contributed by atoms with Crippen LogP contribution in [0.4, 0.5) is 0 Å². The highest BCUT2D eigenvalue weighted by atomic mass is 16.5. The summed E-state index contributed by atoms with van der Waals surface area (Å²) in [6.45, 7) is 8.54. The van der Waals surface area contributed by atoms with Crippen molar-refractivity contribution in [3.8, 4) is 11.1 Å². The Labute approximate surface area is 184 Å². The molecule has 0 aliphatic rings. The fourth-order valence-corrected chi connectivity index (χ4v) is 3.64. The van der Waals surface area contributed by atoms with Crippen LogP contribution in [0.3, 0.4) is 0 Å². The molecule has 0 amide bonds. The van der Waals surface area contributed by atoms with Crippen LogP contribution in [0.5, 0.6) is 0 Å². The molecule has 0 fully saturated rings. The van der Waals surface area contributed by atoms with E-state index in [1.165, 1.54) is 55.2 Å². The van der Waals surface area contributed by atoms with Crippen LogP contribution in [-0.4, -0.2) is 5.97 Å². The SMILES string of the molecule is CCCCCCCc1ccc(-c2ccc(C(C)OC(=O)CCC(C)CC)cc2)cc1. The van der Waals surface area contributed by atoms with Gasteiger partial charge in [0, 0.05) is 6.42 Å². The molecule has 2 unspecified atom stereocenters. The highest BCUT2D eigenvalue weighted by Crippen LogP contribution is 2.25. The second-order valence-corrected chi connectivity index (χ2v) is 8.67. The average molecular weight is 409 g/mol. The van der Waals surface area contributed by atoms with E-state index in [1.807, 2.05) is 6.92 Å². The third kappa shape index (κ3) is 8.34. The first-order valence-electron chi connectivity index (χ1n) is 11.9. The number of benzene rings is 2. The number of aryl methyl sites for hydroxylation is 1. The van der Waals surface area contributed by atoms with Gasteiger partial charge in [-0.15, -0.1) is 0 Å². The van der Waals surface area contributed by atoms with E-state index in [1.54, 1.807) is 0 Å². The van der Waals surface area contributed by atoms with Crippen molar-refractivity contribution >= 4 is 5.97 Å². The minimum absolute atomic E-state index is 0.0999. The van der Waals surface area contributed by atoms with Gasteiger partial charge < -0.3 is 4.74 Å². The molecule has 0 bridgehead atoms. The van der Waals surface area contributed by atoms with Crippen molar-refractivity contribution in [3.63, 3.8) is 0 Å². The van der Waals surface area contributed by atoms with Crippen molar-refractivity contribution in [1.29, 1.82) is 0 Å². The summed E-state index contributed by atoms with van der Waals surface area (Å²) < 4.78 is 5.62. The quantitative estimate of drug-likeness (QED) is 0.246. The molecule has 0 saturated heterocycles. The predicted octanol–water partition coefficient (Wildman–Crippen LogP) is 8.30. The summed E-state index contributed by atoms with van der Waals surface area (Å²) in [6.07, 6.45) is 10.1. The summed E-state index contributed by atoms with van der Waals surface area (Å²) in [5.74, 6) is 0.469. The van der Waals surface area contributed by atoms with E-state index in [9.17, 15) is 4.79 Å². The van der Waals surface area contributed by atoms with Crippen LogP contribution >= 0.6 is 0 Å². The van der Waals surface area contributed by atoms with E-state index >= 15 is 0 Å². The van der Waals surface area contributed by atoms with E-state index in [0.717, 1.165) is 18.4 Å². The highest BCUT2D eigenvalue weighted by Gasteiger charge is 2.13. The van der Waals surface area contributed by atoms with Crippen molar-refractivity contribution in [2.75, 3.05) is 0 Å². The molecule has 2 atom stereocenters. The van der Waals surface area contributed by atoms with Crippen LogP contribution in [0.15, 0.2) is 48.5 Å². The third-order valence-electron chi connectivity index (χ3n) is 6.08. The highest BCUT2D eigenvalue weighted by molar-refractivity contribution is 5.70. The number of hydrogen-bond donors (Lipinski definition) is 0. The molecule has 0 aliphatic heterocycles. The largest absolute Gasteiger partial charge is 0.458 e. The zero-order chi connectivity index (χ0) is 21.8. The van der Waals surface area contributed by atoms with Gasteiger partial charge in [0.1, 0.15) is 6.10 Å². The first kappa shape index (κ1) is 24.2. The fraction of sp³-hybridized carbons (Fsp3) is 0.536. The van der Waals surface area contributed by atoms with Gasteiger partial charge in [-0.05, 0) is 54.4 Å². The predicted molar refractivity (Wildman–Crippen MR) is 128 cm³/mol. The van der Waals surface area contributed by atoms with Crippen molar-refractivity contribution in [1.82, 2.24) is 0 Å². The lowest BCUT2D eigenvalue weighted by molar-refractivity contribution is -0.148. The van der Waals surface area contributed by atoms with E-state index in [-0.39, 0.29) is 12.1 Å². The van der Waals surface area contributed by atoms with Crippen LogP contribution in [0.2, 0.25) is 0 Å². The van der Waals surface area contributed by atoms with Gasteiger partial charge in [-0.1, -0.05) is 101 Å². The molecule has 2 nitrogen and oxygen atoms in total. The summed E-state index contributed by atoms with van der Waals surface area (Å²) in [4.78, 5) is 12.1. The zero-order valence-electron chi connectivity index (χ0n) is 19.5. The number of carbonyl (C=O) groups is 1. The van der Waals surface area contributed by atoms with Crippen LogP contribution in [0.1, 0.15) is 96.3 Å². The molecule has 164 valence electrons. The molecule has 0 aromatic heterocycles. The molecule has 0 spiro atoms. The van der Waals surface area contributed by atoms with Crippen molar-refractivity contribution in [2.24, 2.45) is 5.92 Å². The van der Waals surface area contributed by atoms with E-state index in [0.29, 0.717) is 12.3 Å². The molecule has 2 aromatic rings. The Morgan fingerprint density at radius 1 is 0.833 bits per heavy atom. The van der Waals surface area contributed by atoms with Crippen molar-refractivity contribution in [2.45, 2.75) is 91.6 Å². The average Bonchev–Trinajstić information content (AvgIpc) is 2.77. The lowest BCUT2D eigenvalue weighted by atomic mass is 9.99. The summed E-state index contributed by atoms with van der Waals surface area (Å²) in [6, 6.07) is 17.3. The maximum absolute atomic E-state index is 12.1. The Balaban J connectivity index is 1.85.